The molecule has 0 nitrogen and oxygen atoms in total. The highest BCUT2D eigenvalue weighted by Crippen LogP contribution is 2.50. The first-order valence-electron chi connectivity index (χ1n) is 3.12. The third kappa shape index (κ3) is 0.674. The largest absolute Gasteiger partial charge is 0.153 e. The molecule has 0 spiro atoms. The Morgan fingerprint density at radius 1 is 1.00 bits per heavy atom. The second kappa shape index (κ2) is 1.41. The van der Waals surface area contributed by atoms with Gasteiger partial charge in [0.2, 0.25) is 0 Å². The smallest absolute Gasteiger partial charge is 0.0169 e. The minimum atomic E-state index is 1.12. The molecule has 2 atom stereocenters. The Kier molecular flexibility index (Phi) is 0.857. The number of fused-ring (bicyclic) bond motifs is 1. The molecule has 0 aromatic rings. The molecule has 0 N–H and O–H groups in total. The van der Waals surface area contributed by atoms with Gasteiger partial charge in [-0.1, -0.05) is 12.8 Å². The van der Waals surface area contributed by atoms with Crippen LogP contribution in [0.2, 0.25) is 0 Å². The van der Waals surface area contributed by atoms with Crippen LogP contribution < -0.4 is 0 Å². The van der Waals surface area contributed by atoms with Crippen molar-refractivity contribution in [1.29, 1.82) is 0 Å². The minimum absolute atomic E-state index is 1.12. The van der Waals surface area contributed by atoms with E-state index < -0.39 is 0 Å². The molecule has 0 radical (unpaired) electrons. The Morgan fingerprint density at radius 2 is 1.57 bits per heavy atom. The maximum absolute atomic E-state index is 2.20. The van der Waals surface area contributed by atoms with Crippen LogP contribution in [0.3, 0.4) is 0 Å². The van der Waals surface area contributed by atoms with Gasteiger partial charge in [0, 0.05) is 10.5 Å². The van der Waals surface area contributed by atoms with Gasteiger partial charge in [0.15, 0.2) is 0 Å². The van der Waals surface area contributed by atoms with Crippen molar-refractivity contribution in [3.63, 3.8) is 0 Å². The van der Waals surface area contributed by atoms with Gasteiger partial charge < -0.3 is 0 Å². The molecule has 1 aliphatic carbocycles. The molecule has 0 aromatic carbocycles. The molecule has 2 aliphatic rings. The molecule has 1 aliphatic heterocycles. The van der Waals surface area contributed by atoms with E-state index in [0.717, 1.165) is 10.5 Å². The summed E-state index contributed by atoms with van der Waals surface area (Å²) in [5.74, 6) is 0. The molecule has 1 heterocycles. The molecule has 0 aromatic heterocycles. The summed E-state index contributed by atoms with van der Waals surface area (Å²) in [6, 6.07) is 0. The minimum Gasteiger partial charge on any atom is -0.153 e. The summed E-state index contributed by atoms with van der Waals surface area (Å²) in [7, 11) is 0. The fraction of sp³-hybridized carbons (Fsp3) is 1.00. The van der Waals surface area contributed by atoms with Crippen LogP contribution in [0.5, 0.6) is 0 Å². The van der Waals surface area contributed by atoms with Gasteiger partial charge in [-0.15, -0.1) is 0 Å². The van der Waals surface area contributed by atoms with Gasteiger partial charge >= 0.3 is 0 Å². The van der Waals surface area contributed by atoms with Crippen molar-refractivity contribution in [1.82, 2.24) is 0 Å². The Hall–Kier alpha value is 0.350. The van der Waals surface area contributed by atoms with Crippen molar-refractivity contribution >= 4 is 11.8 Å². The Bertz CT molecular complexity index is 70.2. The van der Waals surface area contributed by atoms with E-state index in [1.165, 1.54) is 25.7 Å². The predicted octanol–water partition coefficient (Wildman–Crippen LogP) is 2.04. The molecule has 2 fully saturated rings. The lowest BCUT2D eigenvalue weighted by Crippen LogP contribution is -2.00. The number of thioether (sulfide) groups is 1. The van der Waals surface area contributed by atoms with E-state index >= 15 is 0 Å². The second-order valence-electron chi connectivity index (χ2n) is 2.50. The highest BCUT2D eigenvalue weighted by atomic mass is 32.2. The van der Waals surface area contributed by atoms with E-state index in [4.69, 9.17) is 0 Å². The lowest BCUT2D eigenvalue weighted by atomic mass is 10.0. The molecule has 0 unspecified atom stereocenters. The van der Waals surface area contributed by atoms with Gasteiger partial charge in [0.25, 0.3) is 0 Å². The summed E-state index contributed by atoms with van der Waals surface area (Å²) >= 11 is 2.20. The fourth-order valence-corrected chi connectivity index (χ4v) is 2.61. The summed E-state index contributed by atoms with van der Waals surface area (Å²) in [5, 5.41) is 2.24. The second-order valence-corrected chi connectivity index (χ2v) is 3.98. The zero-order valence-corrected chi connectivity index (χ0v) is 5.21. The van der Waals surface area contributed by atoms with Gasteiger partial charge in [-0.05, 0) is 12.8 Å². The number of hydrogen-bond acceptors (Lipinski definition) is 1. The Morgan fingerprint density at radius 3 is 2.00 bits per heavy atom. The molecule has 0 bridgehead atoms. The monoisotopic (exact) mass is 114 g/mol. The molecular formula is C6H10S. The first-order valence-corrected chi connectivity index (χ1v) is 4.06. The average molecular weight is 114 g/mol. The predicted molar refractivity (Wildman–Crippen MR) is 33.6 cm³/mol. The van der Waals surface area contributed by atoms with Crippen molar-refractivity contribution in [2.75, 3.05) is 0 Å². The molecule has 7 heavy (non-hydrogen) atoms. The van der Waals surface area contributed by atoms with E-state index in [1.54, 1.807) is 0 Å². The zero-order valence-electron chi connectivity index (χ0n) is 4.39. The van der Waals surface area contributed by atoms with Gasteiger partial charge in [-0.3, -0.25) is 0 Å². The highest BCUT2D eigenvalue weighted by Gasteiger charge is 2.39. The fourth-order valence-electron chi connectivity index (χ4n) is 1.38. The van der Waals surface area contributed by atoms with Crippen LogP contribution in [0, 0.1) is 0 Å². The molecule has 0 amide bonds. The van der Waals surface area contributed by atoms with Crippen LogP contribution in [-0.4, -0.2) is 10.5 Å². The van der Waals surface area contributed by atoms with Gasteiger partial charge in [0.1, 0.15) is 0 Å². The zero-order chi connectivity index (χ0) is 4.69. The van der Waals surface area contributed by atoms with Crippen molar-refractivity contribution < 1.29 is 0 Å². The van der Waals surface area contributed by atoms with E-state index in [-0.39, 0.29) is 0 Å². The summed E-state index contributed by atoms with van der Waals surface area (Å²) < 4.78 is 0. The maximum Gasteiger partial charge on any atom is 0.0169 e. The SMILES string of the molecule is C1CC[C@H]2S[C@@H]2C1. The van der Waals surface area contributed by atoms with Crippen LogP contribution in [0.15, 0.2) is 0 Å². The van der Waals surface area contributed by atoms with Crippen LogP contribution >= 0.6 is 11.8 Å². The first-order chi connectivity index (χ1) is 3.47. The quantitative estimate of drug-likeness (QED) is 0.434. The van der Waals surface area contributed by atoms with Gasteiger partial charge in [-0.2, -0.15) is 11.8 Å². The molecule has 1 heteroatoms. The van der Waals surface area contributed by atoms with E-state index in [9.17, 15) is 0 Å². The molecular weight excluding hydrogens is 104 g/mol. The summed E-state index contributed by atoms with van der Waals surface area (Å²) in [6.07, 6.45) is 6.06. The summed E-state index contributed by atoms with van der Waals surface area (Å²) in [4.78, 5) is 0. The van der Waals surface area contributed by atoms with Crippen molar-refractivity contribution in [2.24, 2.45) is 0 Å². The van der Waals surface area contributed by atoms with Crippen LogP contribution in [0.1, 0.15) is 25.7 Å². The molecule has 40 valence electrons. The standard InChI is InChI=1S/C6H10S/c1-2-4-6-5(3-1)7-6/h5-6H,1-4H2/t5-,6-/m1/s1. The van der Waals surface area contributed by atoms with Gasteiger partial charge in [-0.25, -0.2) is 0 Å². The lowest BCUT2D eigenvalue weighted by Gasteiger charge is -2.02. The first kappa shape index (κ1) is 4.25. The van der Waals surface area contributed by atoms with E-state index in [1.807, 2.05) is 0 Å². The highest BCUT2D eigenvalue weighted by molar-refractivity contribution is 8.07. The molecule has 2 rings (SSSR count). The van der Waals surface area contributed by atoms with Gasteiger partial charge in [0.05, 0.1) is 0 Å². The molecule has 1 saturated carbocycles. The summed E-state index contributed by atoms with van der Waals surface area (Å²) in [6.45, 7) is 0. The maximum atomic E-state index is 2.20. The van der Waals surface area contributed by atoms with Crippen molar-refractivity contribution in [3.8, 4) is 0 Å². The Balaban J connectivity index is 1.95. The van der Waals surface area contributed by atoms with Crippen molar-refractivity contribution in [3.05, 3.63) is 0 Å². The number of rotatable bonds is 0. The lowest BCUT2D eigenvalue weighted by molar-refractivity contribution is 0.571. The van der Waals surface area contributed by atoms with E-state index in [2.05, 4.69) is 11.8 Å². The van der Waals surface area contributed by atoms with E-state index in [0.29, 0.717) is 0 Å². The summed E-state index contributed by atoms with van der Waals surface area (Å²) in [5.41, 5.74) is 0. The molecule has 1 saturated heterocycles. The van der Waals surface area contributed by atoms with Crippen LogP contribution in [-0.2, 0) is 0 Å². The third-order valence-electron chi connectivity index (χ3n) is 1.91. The van der Waals surface area contributed by atoms with Crippen molar-refractivity contribution in [2.45, 2.75) is 36.2 Å². The third-order valence-corrected chi connectivity index (χ3v) is 3.43. The average Bonchev–Trinajstić information content (AvgIpc) is 2.41. The normalized spacial score (nSPS) is 48.0. The number of hydrogen-bond donors (Lipinski definition) is 0. The Labute approximate surface area is 48.7 Å². The topological polar surface area (TPSA) is 0 Å². The van der Waals surface area contributed by atoms with Crippen LogP contribution in [0.4, 0.5) is 0 Å². The van der Waals surface area contributed by atoms with Crippen LogP contribution in [0.25, 0.3) is 0 Å².